The molecule has 3 rings (SSSR count). The van der Waals surface area contributed by atoms with Crippen molar-refractivity contribution in [3.63, 3.8) is 0 Å². The maximum absolute atomic E-state index is 12.9. The maximum Gasteiger partial charge on any atom is 0.446 e. The molecule has 0 bridgehead atoms. The zero-order valence-corrected chi connectivity index (χ0v) is 17.2. The first kappa shape index (κ1) is 22.2. The number of thioether (sulfide) groups is 1. The highest BCUT2D eigenvalue weighted by Gasteiger charge is 2.34. The van der Waals surface area contributed by atoms with E-state index >= 15 is 0 Å². The first-order valence-electron chi connectivity index (χ1n) is 9.32. The fourth-order valence-corrected chi connectivity index (χ4v) is 3.78. The smallest absolute Gasteiger partial charge is 0.346 e. The Labute approximate surface area is 176 Å². The predicted octanol–water partition coefficient (Wildman–Crippen LogP) is 3.83. The van der Waals surface area contributed by atoms with E-state index in [1.165, 1.54) is 12.1 Å². The molecule has 0 aromatic heterocycles. The molecule has 1 heterocycles. The molecule has 2 unspecified atom stereocenters. The van der Waals surface area contributed by atoms with E-state index in [0.29, 0.717) is 5.56 Å². The van der Waals surface area contributed by atoms with Crippen LogP contribution in [0.2, 0.25) is 0 Å². The van der Waals surface area contributed by atoms with E-state index in [1.54, 1.807) is 26.0 Å². The minimum absolute atomic E-state index is 0.00753. The molecule has 2 aromatic rings. The first-order valence-corrected chi connectivity index (χ1v) is 10.1. The van der Waals surface area contributed by atoms with Gasteiger partial charge in [0.15, 0.2) is 0 Å². The van der Waals surface area contributed by atoms with Crippen LogP contribution in [0.4, 0.5) is 13.2 Å². The Bertz CT molecular complexity index is 902. The number of hydrogen-bond donors (Lipinski definition) is 3. The Hall–Kier alpha value is -2.52. The summed E-state index contributed by atoms with van der Waals surface area (Å²) in [5.41, 5.74) is -3.70. The van der Waals surface area contributed by atoms with Crippen LogP contribution < -0.4 is 16.0 Å². The van der Waals surface area contributed by atoms with Crippen LogP contribution in [-0.4, -0.2) is 23.4 Å². The molecular formula is C21H22F3N3O2S. The third-order valence-corrected chi connectivity index (χ3v) is 5.50. The predicted molar refractivity (Wildman–Crippen MR) is 108 cm³/mol. The molecule has 1 aliphatic heterocycles. The van der Waals surface area contributed by atoms with Crippen molar-refractivity contribution >= 4 is 23.6 Å². The quantitative estimate of drug-likeness (QED) is 0.622. The average Bonchev–Trinajstić information content (AvgIpc) is 2.67. The van der Waals surface area contributed by atoms with Crippen molar-refractivity contribution in [2.45, 2.75) is 48.4 Å². The molecule has 1 saturated heterocycles. The highest BCUT2D eigenvalue weighted by Crippen LogP contribution is 2.37. The first-order chi connectivity index (χ1) is 14.0. The SMILES string of the molecule is CC(C)(NC(=O)C1CC(=O)NC(c2ccccc2)N1)c1ccc(SC(F)(F)F)cc1. The van der Waals surface area contributed by atoms with Gasteiger partial charge in [-0.25, -0.2) is 0 Å². The second-order valence-electron chi connectivity index (χ2n) is 7.52. The van der Waals surface area contributed by atoms with Crippen molar-refractivity contribution < 1.29 is 22.8 Å². The van der Waals surface area contributed by atoms with Crippen LogP contribution in [0.5, 0.6) is 0 Å². The lowest BCUT2D eigenvalue weighted by atomic mass is 9.93. The van der Waals surface area contributed by atoms with Gasteiger partial charge in [0, 0.05) is 4.90 Å². The van der Waals surface area contributed by atoms with Gasteiger partial charge >= 0.3 is 5.51 Å². The van der Waals surface area contributed by atoms with Crippen molar-refractivity contribution in [2.75, 3.05) is 0 Å². The van der Waals surface area contributed by atoms with Crippen molar-refractivity contribution in [1.29, 1.82) is 0 Å². The van der Waals surface area contributed by atoms with E-state index in [2.05, 4.69) is 16.0 Å². The Morgan fingerprint density at radius 3 is 2.30 bits per heavy atom. The Morgan fingerprint density at radius 1 is 1.07 bits per heavy atom. The number of halogens is 3. The summed E-state index contributed by atoms with van der Waals surface area (Å²) in [7, 11) is 0. The molecule has 0 aliphatic carbocycles. The fourth-order valence-electron chi connectivity index (χ4n) is 3.24. The second-order valence-corrected chi connectivity index (χ2v) is 8.66. The largest absolute Gasteiger partial charge is 0.446 e. The van der Waals surface area contributed by atoms with E-state index in [9.17, 15) is 22.8 Å². The van der Waals surface area contributed by atoms with Gasteiger partial charge in [0.1, 0.15) is 6.17 Å². The lowest BCUT2D eigenvalue weighted by molar-refractivity contribution is -0.132. The number of rotatable bonds is 5. The zero-order chi connectivity index (χ0) is 21.9. The standard InChI is InChI=1S/C21H22F3N3O2S/c1-20(2,14-8-10-15(11-9-14)30-21(22,23)24)27-19(29)16-12-17(28)26-18(25-16)13-6-4-3-5-7-13/h3-11,16,18,25H,12H2,1-2H3,(H,26,28)(H,27,29). The molecular weight excluding hydrogens is 415 g/mol. The molecule has 0 spiro atoms. The molecule has 30 heavy (non-hydrogen) atoms. The Kier molecular flexibility index (Phi) is 6.42. The third-order valence-electron chi connectivity index (χ3n) is 4.76. The summed E-state index contributed by atoms with van der Waals surface area (Å²) in [6.07, 6.45) is -0.489. The van der Waals surface area contributed by atoms with Crippen molar-refractivity contribution in [1.82, 2.24) is 16.0 Å². The highest BCUT2D eigenvalue weighted by molar-refractivity contribution is 8.00. The van der Waals surface area contributed by atoms with Crippen LogP contribution in [-0.2, 0) is 15.1 Å². The van der Waals surface area contributed by atoms with Gasteiger partial charge in [-0.15, -0.1) is 0 Å². The number of benzene rings is 2. The number of amides is 2. The van der Waals surface area contributed by atoms with Crippen molar-refractivity contribution in [3.8, 4) is 0 Å². The van der Waals surface area contributed by atoms with Gasteiger partial charge in [-0.3, -0.25) is 14.9 Å². The van der Waals surface area contributed by atoms with Crippen molar-refractivity contribution in [3.05, 3.63) is 65.7 Å². The van der Waals surface area contributed by atoms with Gasteiger partial charge in [-0.2, -0.15) is 13.2 Å². The van der Waals surface area contributed by atoms with Gasteiger partial charge < -0.3 is 10.6 Å². The van der Waals surface area contributed by atoms with Gasteiger partial charge in [-0.05, 0) is 48.9 Å². The fraction of sp³-hybridized carbons (Fsp3) is 0.333. The van der Waals surface area contributed by atoms with Gasteiger partial charge in [0.05, 0.1) is 18.0 Å². The summed E-state index contributed by atoms with van der Waals surface area (Å²) in [5.74, 6) is -0.599. The number of alkyl halides is 3. The minimum atomic E-state index is -4.35. The summed E-state index contributed by atoms with van der Waals surface area (Å²) in [6.45, 7) is 3.52. The molecule has 0 saturated carbocycles. The molecule has 2 aromatic carbocycles. The average molecular weight is 437 g/mol. The lowest BCUT2D eigenvalue weighted by Crippen LogP contribution is -2.58. The van der Waals surface area contributed by atoms with Crippen LogP contribution in [0.25, 0.3) is 0 Å². The monoisotopic (exact) mass is 437 g/mol. The lowest BCUT2D eigenvalue weighted by Gasteiger charge is -2.34. The van der Waals surface area contributed by atoms with E-state index in [4.69, 9.17) is 0 Å². The maximum atomic E-state index is 12.9. The molecule has 1 fully saturated rings. The van der Waals surface area contributed by atoms with E-state index in [0.717, 1.165) is 5.56 Å². The summed E-state index contributed by atoms with van der Waals surface area (Å²) >= 11 is -0.187. The molecule has 5 nitrogen and oxygen atoms in total. The Morgan fingerprint density at radius 2 is 1.70 bits per heavy atom. The van der Waals surface area contributed by atoms with E-state index in [-0.39, 0.29) is 34.9 Å². The topological polar surface area (TPSA) is 70.2 Å². The van der Waals surface area contributed by atoms with Gasteiger partial charge in [-0.1, -0.05) is 42.5 Å². The Balaban J connectivity index is 1.68. The van der Waals surface area contributed by atoms with Crippen LogP contribution in [0.1, 0.15) is 37.6 Å². The van der Waals surface area contributed by atoms with Crippen LogP contribution in [0.3, 0.4) is 0 Å². The third kappa shape index (κ3) is 5.76. The molecule has 2 amide bonds. The number of hydrogen-bond acceptors (Lipinski definition) is 4. The molecule has 2 atom stereocenters. The summed E-state index contributed by atoms with van der Waals surface area (Å²) in [5, 5.41) is 8.84. The summed E-state index contributed by atoms with van der Waals surface area (Å²) < 4.78 is 37.5. The normalized spacial score (nSPS) is 19.8. The molecule has 3 N–H and O–H groups in total. The highest BCUT2D eigenvalue weighted by atomic mass is 32.2. The van der Waals surface area contributed by atoms with Crippen LogP contribution in [0.15, 0.2) is 59.5 Å². The number of carbonyl (C=O) groups excluding carboxylic acids is 2. The number of carbonyl (C=O) groups is 2. The second kappa shape index (κ2) is 8.69. The molecule has 1 aliphatic rings. The van der Waals surface area contributed by atoms with Crippen molar-refractivity contribution in [2.24, 2.45) is 0 Å². The molecule has 160 valence electrons. The van der Waals surface area contributed by atoms with E-state index in [1.807, 2.05) is 30.3 Å². The minimum Gasteiger partial charge on any atom is -0.346 e. The zero-order valence-electron chi connectivity index (χ0n) is 16.4. The number of nitrogens with one attached hydrogen (secondary N) is 3. The summed E-state index contributed by atoms with van der Waals surface area (Å²) in [6, 6.07) is 14.4. The van der Waals surface area contributed by atoms with Gasteiger partial charge in [0.25, 0.3) is 0 Å². The molecule has 0 radical (unpaired) electrons. The van der Waals surface area contributed by atoms with Crippen LogP contribution >= 0.6 is 11.8 Å². The summed E-state index contributed by atoms with van der Waals surface area (Å²) in [4.78, 5) is 25.1. The van der Waals surface area contributed by atoms with Crippen LogP contribution in [0, 0.1) is 0 Å². The van der Waals surface area contributed by atoms with Gasteiger partial charge in [0.2, 0.25) is 11.8 Å². The molecule has 9 heteroatoms. The van der Waals surface area contributed by atoms with E-state index < -0.39 is 23.3 Å².